The van der Waals surface area contributed by atoms with Gasteiger partial charge in [0.05, 0.1) is 6.20 Å². The average Bonchev–Trinajstić information content (AvgIpc) is 2.41. The summed E-state index contributed by atoms with van der Waals surface area (Å²) in [6, 6.07) is 1.38. The number of hydrogen-bond acceptors (Lipinski definition) is 2. The molecule has 62 valence electrons. The first-order valence-corrected chi connectivity index (χ1v) is 3.58. The van der Waals surface area contributed by atoms with E-state index in [1.165, 1.54) is 12.3 Å². The zero-order valence-electron chi connectivity index (χ0n) is 6.58. The molecule has 0 bridgehead atoms. The number of imidazole rings is 1. The van der Waals surface area contributed by atoms with Gasteiger partial charge < -0.3 is 5.73 Å². The normalized spacial score (nSPS) is 10.8. The van der Waals surface area contributed by atoms with Crippen molar-refractivity contribution in [3.63, 3.8) is 0 Å². The molecule has 0 radical (unpaired) electrons. The van der Waals surface area contributed by atoms with Crippen molar-refractivity contribution in [3.05, 3.63) is 29.8 Å². The maximum atomic E-state index is 13.0. The molecule has 0 saturated carbocycles. The highest BCUT2D eigenvalue weighted by Gasteiger charge is 2.05. The van der Waals surface area contributed by atoms with Crippen LogP contribution in [0.25, 0.3) is 5.65 Å². The standard InChI is InChI=1S/C8H8FN3/c1-5-6(9)2-3-12-7(10)4-11-8(5)12/h2-4H,10H2,1H3. The summed E-state index contributed by atoms with van der Waals surface area (Å²) in [5.74, 6) is 0.265. The Morgan fingerprint density at radius 2 is 2.33 bits per heavy atom. The molecule has 0 unspecified atom stereocenters. The molecule has 3 nitrogen and oxygen atoms in total. The average molecular weight is 165 g/mol. The summed E-state index contributed by atoms with van der Waals surface area (Å²) in [7, 11) is 0. The molecular weight excluding hydrogens is 157 g/mol. The second-order valence-corrected chi connectivity index (χ2v) is 2.67. The molecule has 0 aromatic carbocycles. The van der Waals surface area contributed by atoms with Crippen LogP contribution in [0.3, 0.4) is 0 Å². The third-order valence-electron chi connectivity index (χ3n) is 1.89. The molecule has 0 aliphatic heterocycles. The smallest absolute Gasteiger partial charge is 0.144 e. The Morgan fingerprint density at radius 1 is 1.58 bits per heavy atom. The summed E-state index contributed by atoms with van der Waals surface area (Å²) in [4.78, 5) is 3.98. The van der Waals surface area contributed by atoms with Gasteiger partial charge in [-0.3, -0.25) is 4.40 Å². The van der Waals surface area contributed by atoms with Crippen molar-refractivity contribution in [2.24, 2.45) is 0 Å². The van der Waals surface area contributed by atoms with E-state index in [4.69, 9.17) is 5.73 Å². The van der Waals surface area contributed by atoms with E-state index in [1.807, 2.05) is 0 Å². The van der Waals surface area contributed by atoms with Crippen molar-refractivity contribution in [2.45, 2.75) is 6.92 Å². The van der Waals surface area contributed by atoms with Gasteiger partial charge in [-0.1, -0.05) is 0 Å². The predicted molar refractivity (Wildman–Crippen MR) is 44.3 cm³/mol. The number of nitrogen functional groups attached to an aromatic ring is 1. The highest BCUT2D eigenvalue weighted by molar-refractivity contribution is 5.53. The number of anilines is 1. The van der Waals surface area contributed by atoms with Crippen molar-refractivity contribution in [2.75, 3.05) is 5.73 Å². The van der Waals surface area contributed by atoms with Crippen LogP contribution in [0.15, 0.2) is 18.5 Å². The minimum atomic E-state index is -0.256. The number of halogens is 1. The third-order valence-corrected chi connectivity index (χ3v) is 1.89. The fourth-order valence-corrected chi connectivity index (χ4v) is 1.18. The number of rotatable bonds is 0. The van der Waals surface area contributed by atoms with Crippen LogP contribution in [-0.2, 0) is 0 Å². The fourth-order valence-electron chi connectivity index (χ4n) is 1.18. The van der Waals surface area contributed by atoms with E-state index in [0.29, 0.717) is 17.0 Å². The van der Waals surface area contributed by atoms with Crippen molar-refractivity contribution in [3.8, 4) is 0 Å². The third kappa shape index (κ3) is 0.777. The minimum Gasteiger partial charge on any atom is -0.383 e. The van der Waals surface area contributed by atoms with Gasteiger partial charge in [0.1, 0.15) is 17.3 Å². The molecule has 0 spiro atoms. The van der Waals surface area contributed by atoms with Crippen molar-refractivity contribution >= 4 is 11.5 Å². The highest BCUT2D eigenvalue weighted by atomic mass is 19.1. The Labute approximate surface area is 68.6 Å². The van der Waals surface area contributed by atoms with Crippen LogP contribution < -0.4 is 5.73 Å². The monoisotopic (exact) mass is 165 g/mol. The summed E-state index contributed by atoms with van der Waals surface area (Å²) in [5.41, 5.74) is 6.67. The first-order valence-electron chi connectivity index (χ1n) is 3.58. The topological polar surface area (TPSA) is 43.3 Å². The predicted octanol–water partition coefficient (Wildman–Crippen LogP) is 1.36. The van der Waals surface area contributed by atoms with Gasteiger partial charge in [-0.15, -0.1) is 0 Å². The Bertz CT molecular complexity index is 433. The molecule has 2 N–H and O–H groups in total. The zero-order valence-corrected chi connectivity index (χ0v) is 6.58. The maximum absolute atomic E-state index is 13.0. The Kier molecular flexibility index (Phi) is 1.30. The Balaban J connectivity index is 2.93. The number of aromatic nitrogens is 2. The summed E-state index contributed by atoms with van der Waals surface area (Å²) < 4.78 is 14.6. The van der Waals surface area contributed by atoms with E-state index in [2.05, 4.69) is 4.98 Å². The lowest BCUT2D eigenvalue weighted by molar-refractivity contribution is 0.617. The molecule has 12 heavy (non-hydrogen) atoms. The lowest BCUT2D eigenvalue weighted by atomic mass is 10.3. The van der Waals surface area contributed by atoms with Gasteiger partial charge in [-0.05, 0) is 13.0 Å². The number of pyridine rings is 1. The Hall–Kier alpha value is -1.58. The first-order chi connectivity index (χ1) is 5.70. The molecule has 0 amide bonds. The molecular formula is C8H8FN3. The number of fused-ring (bicyclic) bond motifs is 1. The van der Waals surface area contributed by atoms with Gasteiger partial charge in [0.25, 0.3) is 0 Å². The molecule has 0 fully saturated rings. The van der Waals surface area contributed by atoms with Crippen molar-refractivity contribution < 1.29 is 4.39 Å². The molecule has 0 atom stereocenters. The van der Waals surface area contributed by atoms with Gasteiger partial charge in [-0.2, -0.15) is 0 Å². The van der Waals surface area contributed by atoms with E-state index in [0.717, 1.165) is 0 Å². The Morgan fingerprint density at radius 3 is 3.08 bits per heavy atom. The van der Waals surface area contributed by atoms with Crippen LogP contribution in [-0.4, -0.2) is 9.38 Å². The number of aryl methyl sites for hydroxylation is 1. The van der Waals surface area contributed by atoms with E-state index >= 15 is 0 Å². The fraction of sp³-hybridized carbons (Fsp3) is 0.125. The number of nitrogens with zero attached hydrogens (tertiary/aromatic N) is 2. The van der Waals surface area contributed by atoms with E-state index < -0.39 is 0 Å². The van der Waals surface area contributed by atoms with Gasteiger partial charge >= 0.3 is 0 Å². The maximum Gasteiger partial charge on any atom is 0.144 e. The first kappa shape index (κ1) is 7.09. The van der Waals surface area contributed by atoms with Gasteiger partial charge in [0.2, 0.25) is 0 Å². The highest BCUT2D eigenvalue weighted by Crippen LogP contribution is 2.14. The molecule has 0 aliphatic rings. The van der Waals surface area contributed by atoms with Crippen LogP contribution in [0.1, 0.15) is 5.56 Å². The van der Waals surface area contributed by atoms with E-state index in [1.54, 1.807) is 17.5 Å². The minimum absolute atomic E-state index is 0.256. The molecule has 2 heterocycles. The molecule has 0 saturated heterocycles. The van der Waals surface area contributed by atoms with Gasteiger partial charge in [0, 0.05) is 11.8 Å². The molecule has 2 rings (SSSR count). The SMILES string of the molecule is Cc1c(F)ccn2c(N)cnc12. The zero-order chi connectivity index (χ0) is 8.72. The summed E-state index contributed by atoms with van der Waals surface area (Å²) in [6.07, 6.45) is 3.09. The second kappa shape index (κ2) is 2.20. The molecule has 4 heteroatoms. The van der Waals surface area contributed by atoms with Crippen LogP contribution in [0.2, 0.25) is 0 Å². The lowest BCUT2D eigenvalue weighted by Crippen LogP contribution is -1.95. The molecule has 2 aromatic rings. The van der Waals surface area contributed by atoms with Crippen molar-refractivity contribution in [1.29, 1.82) is 0 Å². The summed E-state index contributed by atoms with van der Waals surface area (Å²) in [5, 5.41) is 0. The number of nitrogens with two attached hydrogens (primary N) is 1. The van der Waals surface area contributed by atoms with Gasteiger partial charge in [-0.25, -0.2) is 9.37 Å². The largest absolute Gasteiger partial charge is 0.383 e. The summed E-state index contributed by atoms with van der Waals surface area (Å²) >= 11 is 0. The van der Waals surface area contributed by atoms with Crippen molar-refractivity contribution in [1.82, 2.24) is 9.38 Å². The quantitative estimate of drug-likeness (QED) is 0.640. The van der Waals surface area contributed by atoms with Crippen LogP contribution >= 0.6 is 0 Å². The molecule has 2 aromatic heterocycles. The van der Waals surface area contributed by atoms with Crippen LogP contribution in [0.5, 0.6) is 0 Å². The van der Waals surface area contributed by atoms with Crippen LogP contribution in [0, 0.1) is 12.7 Å². The lowest BCUT2D eigenvalue weighted by Gasteiger charge is -1.99. The summed E-state index contributed by atoms with van der Waals surface area (Å²) in [6.45, 7) is 1.68. The van der Waals surface area contributed by atoms with E-state index in [-0.39, 0.29) is 5.82 Å². The van der Waals surface area contributed by atoms with Crippen LogP contribution in [0.4, 0.5) is 10.2 Å². The number of hydrogen-bond donors (Lipinski definition) is 1. The molecule has 0 aliphatic carbocycles. The second-order valence-electron chi connectivity index (χ2n) is 2.67. The van der Waals surface area contributed by atoms with E-state index in [9.17, 15) is 4.39 Å². The van der Waals surface area contributed by atoms with Gasteiger partial charge in [0.15, 0.2) is 0 Å².